The van der Waals surface area contributed by atoms with Gasteiger partial charge in [-0.3, -0.25) is 9.59 Å². The Kier molecular flexibility index (Phi) is 5.41. The molecule has 3 aliphatic rings. The van der Waals surface area contributed by atoms with Crippen LogP contribution < -0.4 is 4.90 Å². The summed E-state index contributed by atoms with van der Waals surface area (Å²) in [5.74, 6) is 0.865. The van der Waals surface area contributed by atoms with E-state index in [0.717, 1.165) is 42.2 Å². The van der Waals surface area contributed by atoms with E-state index in [2.05, 4.69) is 4.90 Å². The number of rotatable bonds is 4. The molecule has 1 aliphatic carbocycles. The van der Waals surface area contributed by atoms with Crippen LogP contribution in [-0.4, -0.2) is 59.6 Å². The smallest absolute Gasteiger partial charge is 0.246 e. The van der Waals surface area contributed by atoms with E-state index < -0.39 is 6.04 Å². The maximum Gasteiger partial charge on any atom is 0.246 e. The molecule has 0 radical (unpaired) electrons. The Balaban J connectivity index is 1.29. The molecule has 1 aromatic carbocycles. The molecule has 3 fully saturated rings. The van der Waals surface area contributed by atoms with Crippen LogP contribution in [0.2, 0.25) is 5.02 Å². The molecule has 2 aliphatic heterocycles. The number of hydrogen-bond donors (Lipinski definition) is 0. The Morgan fingerprint density at radius 3 is 2.47 bits per heavy atom. The van der Waals surface area contributed by atoms with E-state index in [1.807, 2.05) is 40.1 Å². The molecule has 1 saturated carbocycles. The molecule has 0 spiro atoms. The third kappa shape index (κ3) is 3.69. The maximum absolute atomic E-state index is 13.4. The Labute approximate surface area is 185 Å². The summed E-state index contributed by atoms with van der Waals surface area (Å²) < 4.78 is 5.24. The van der Waals surface area contributed by atoms with Gasteiger partial charge < -0.3 is 19.1 Å². The lowest BCUT2D eigenvalue weighted by molar-refractivity contribution is -0.145. The van der Waals surface area contributed by atoms with Crippen molar-refractivity contribution in [2.24, 2.45) is 5.92 Å². The van der Waals surface area contributed by atoms with Crippen LogP contribution in [0.3, 0.4) is 0 Å². The van der Waals surface area contributed by atoms with Crippen LogP contribution in [-0.2, 0) is 9.59 Å². The maximum atomic E-state index is 13.4. The molecular formula is C22H24ClN3O3S. The summed E-state index contributed by atoms with van der Waals surface area (Å²) in [6, 6.07) is 9.28. The molecule has 5 rings (SSSR count). The third-order valence-corrected chi connectivity index (χ3v) is 7.72. The van der Waals surface area contributed by atoms with Crippen LogP contribution in [0.5, 0.6) is 0 Å². The molecule has 2 saturated heterocycles. The topological polar surface area (TPSA) is 57.0 Å². The number of carbonyl (C=O) groups is 2. The number of halogens is 1. The van der Waals surface area contributed by atoms with Crippen molar-refractivity contribution in [3.8, 4) is 0 Å². The predicted octanol–water partition coefficient (Wildman–Crippen LogP) is 3.63. The lowest BCUT2D eigenvalue weighted by Crippen LogP contribution is -2.55. The molecule has 3 heterocycles. The number of hydrogen-bond acceptors (Lipinski definition) is 5. The highest BCUT2D eigenvalue weighted by Crippen LogP contribution is 2.45. The Hall–Kier alpha value is -2.12. The fourth-order valence-electron chi connectivity index (χ4n) is 4.27. The molecule has 2 amide bonds. The second-order valence-electron chi connectivity index (χ2n) is 8.04. The van der Waals surface area contributed by atoms with E-state index in [4.69, 9.17) is 16.0 Å². The number of para-hydroxylation sites is 1. The van der Waals surface area contributed by atoms with Crippen LogP contribution >= 0.6 is 23.4 Å². The molecule has 2 atom stereocenters. The fraction of sp³-hybridized carbons (Fsp3) is 0.455. The number of carbonyl (C=O) groups excluding carboxylic acids is 2. The van der Waals surface area contributed by atoms with E-state index in [0.29, 0.717) is 18.8 Å². The quantitative estimate of drug-likeness (QED) is 0.719. The SMILES string of the molecule is O=C(C1CSC(c2ccoc2)N1C(=O)C1CC1)N1CCN(c2ccccc2Cl)CC1. The summed E-state index contributed by atoms with van der Waals surface area (Å²) in [4.78, 5) is 32.5. The summed E-state index contributed by atoms with van der Waals surface area (Å²) in [6.45, 7) is 2.73. The molecule has 2 unspecified atom stereocenters. The average Bonchev–Trinajstić information content (AvgIpc) is 3.30. The molecule has 2 aromatic rings. The lowest BCUT2D eigenvalue weighted by atomic mass is 10.1. The molecule has 0 N–H and O–H groups in total. The largest absolute Gasteiger partial charge is 0.472 e. The fourth-order valence-corrected chi connectivity index (χ4v) is 5.93. The summed E-state index contributed by atoms with van der Waals surface area (Å²) in [5, 5.41) is 0.587. The highest BCUT2D eigenvalue weighted by molar-refractivity contribution is 7.99. The number of furan rings is 1. The second-order valence-corrected chi connectivity index (χ2v) is 9.56. The van der Waals surface area contributed by atoms with Crippen molar-refractivity contribution in [3.63, 3.8) is 0 Å². The van der Waals surface area contributed by atoms with Gasteiger partial charge in [0.05, 0.1) is 23.2 Å². The van der Waals surface area contributed by atoms with Crippen LogP contribution in [0.1, 0.15) is 23.8 Å². The zero-order valence-electron chi connectivity index (χ0n) is 16.6. The highest BCUT2D eigenvalue weighted by Gasteiger charge is 2.48. The monoisotopic (exact) mass is 445 g/mol. The first-order valence-electron chi connectivity index (χ1n) is 10.4. The average molecular weight is 446 g/mol. The minimum atomic E-state index is -0.408. The second kappa shape index (κ2) is 8.19. The third-order valence-electron chi connectivity index (χ3n) is 6.08. The van der Waals surface area contributed by atoms with Gasteiger partial charge in [-0.05, 0) is 31.0 Å². The standard InChI is InChI=1S/C22H24ClN3O3S/c23-17-3-1-2-4-18(17)24-8-10-25(11-9-24)21(28)19-14-30-22(16-7-12-29-13-16)26(19)20(27)15-5-6-15/h1-4,7,12-13,15,19,22H,5-6,8-11,14H2. The van der Waals surface area contributed by atoms with Gasteiger partial charge >= 0.3 is 0 Å². The van der Waals surface area contributed by atoms with Gasteiger partial charge in [-0.2, -0.15) is 0 Å². The molecule has 8 heteroatoms. The van der Waals surface area contributed by atoms with Crippen LogP contribution in [0.4, 0.5) is 5.69 Å². The van der Waals surface area contributed by atoms with Crippen LogP contribution in [0.25, 0.3) is 0 Å². The van der Waals surface area contributed by atoms with Crippen molar-refractivity contribution in [2.75, 3.05) is 36.8 Å². The van der Waals surface area contributed by atoms with Crippen molar-refractivity contribution in [3.05, 3.63) is 53.4 Å². The first-order valence-corrected chi connectivity index (χ1v) is 11.8. The molecule has 30 heavy (non-hydrogen) atoms. The van der Waals surface area contributed by atoms with E-state index in [-0.39, 0.29) is 23.1 Å². The minimum absolute atomic E-state index is 0.0568. The van der Waals surface area contributed by atoms with Crippen molar-refractivity contribution in [2.45, 2.75) is 24.3 Å². The van der Waals surface area contributed by atoms with Crippen molar-refractivity contribution in [1.82, 2.24) is 9.80 Å². The first-order chi connectivity index (χ1) is 14.6. The predicted molar refractivity (Wildman–Crippen MR) is 118 cm³/mol. The van der Waals surface area contributed by atoms with E-state index >= 15 is 0 Å². The van der Waals surface area contributed by atoms with Gasteiger partial charge in [0.1, 0.15) is 11.4 Å². The summed E-state index contributed by atoms with van der Waals surface area (Å²) in [7, 11) is 0. The van der Waals surface area contributed by atoms with Gasteiger partial charge in [0.25, 0.3) is 0 Å². The molecule has 158 valence electrons. The van der Waals surface area contributed by atoms with Crippen LogP contribution in [0, 0.1) is 5.92 Å². The molecule has 0 bridgehead atoms. The minimum Gasteiger partial charge on any atom is -0.472 e. The van der Waals surface area contributed by atoms with Gasteiger partial charge in [-0.1, -0.05) is 23.7 Å². The normalized spacial score (nSPS) is 24.4. The Morgan fingerprint density at radius 2 is 1.80 bits per heavy atom. The Morgan fingerprint density at radius 1 is 1.03 bits per heavy atom. The van der Waals surface area contributed by atoms with E-state index in [1.54, 1.807) is 24.3 Å². The van der Waals surface area contributed by atoms with Gasteiger partial charge in [0.2, 0.25) is 11.8 Å². The number of amides is 2. The van der Waals surface area contributed by atoms with Gasteiger partial charge in [0.15, 0.2) is 0 Å². The molecular weight excluding hydrogens is 422 g/mol. The number of anilines is 1. The van der Waals surface area contributed by atoms with E-state index in [1.165, 1.54) is 0 Å². The summed E-state index contributed by atoms with van der Waals surface area (Å²) >= 11 is 7.99. The Bertz CT molecular complexity index is 925. The zero-order valence-corrected chi connectivity index (χ0v) is 18.1. The number of nitrogens with zero attached hydrogens (tertiary/aromatic N) is 3. The first kappa shape index (κ1) is 19.8. The van der Waals surface area contributed by atoms with Gasteiger partial charge in [-0.15, -0.1) is 11.8 Å². The van der Waals surface area contributed by atoms with Gasteiger partial charge in [-0.25, -0.2) is 0 Å². The molecule has 1 aromatic heterocycles. The number of piperazine rings is 1. The lowest BCUT2D eigenvalue weighted by Gasteiger charge is -2.39. The van der Waals surface area contributed by atoms with E-state index in [9.17, 15) is 9.59 Å². The van der Waals surface area contributed by atoms with Crippen LogP contribution in [0.15, 0.2) is 47.3 Å². The number of benzene rings is 1. The van der Waals surface area contributed by atoms with Crippen molar-refractivity contribution in [1.29, 1.82) is 0 Å². The summed E-state index contributed by atoms with van der Waals surface area (Å²) in [5.41, 5.74) is 1.96. The van der Waals surface area contributed by atoms with Crippen molar-refractivity contribution >= 4 is 40.9 Å². The van der Waals surface area contributed by atoms with Gasteiger partial charge in [0, 0.05) is 43.4 Å². The summed E-state index contributed by atoms with van der Waals surface area (Å²) in [6.07, 6.45) is 5.16. The molecule has 6 nitrogen and oxygen atoms in total. The zero-order chi connectivity index (χ0) is 20.7. The highest BCUT2D eigenvalue weighted by atomic mass is 35.5. The van der Waals surface area contributed by atoms with Crippen molar-refractivity contribution < 1.29 is 14.0 Å². The number of thioether (sulfide) groups is 1.